The van der Waals surface area contributed by atoms with Crippen molar-refractivity contribution in [3.8, 4) is 0 Å². The van der Waals surface area contributed by atoms with E-state index in [-0.39, 0.29) is 23.3 Å². The summed E-state index contributed by atoms with van der Waals surface area (Å²) in [5.74, 6) is -1.07. The number of rotatable bonds is 4. The average Bonchev–Trinajstić information content (AvgIpc) is 2.79. The fourth-order valence-corrected chi connectivity index (χ4v) is 4.08. The fourth-order valence-electron chi connectivity index (χ4n) is 4.08. The lowest BCUT2D eigenvalue weighted by molar-refractivity contribution is -0.146. The Morgan fingerprint density at radius 3 is 2.36 bits per heavy atom. The molecule has 2 heterocycles. The molecule has 1 fully saturated rings. The van der Waals surface area contributed by atoms with Crippen molar-refractivity contribution in [2.45, 2.75) is 65.5 Å². The molecule has 1 aliphatic heterocycles. The zero-order valence-electron chi connectivity index (χ0n) is 21.1. The van der Waals surface area contributed by atoms with Crippen LogP contribution in [0.5, 0.6) is 0 Å². The number of hydrogen-bond acceptors (Lipinski definition) is 5. The molecule has 8 nitrogen and oxygen atoms in total. The number of amides is 3. The minimum Gasteiger partial charge on any atom is -0.444 e. The van der Waals surface area contributed by atoms with Gasteiger partial charge in [0.1, 0.15) is 11.4 Å². The Labute approximate surface area is 209 Å². The number of aryl methyl sites for hydroxylation is 1. The summed E-state index contributed by atoms with van der Waals surface area (Å²) >= 11 is 0. The van der Waals surface area contributed by atoms with Crippen LogP contribution in [-0.2, 0) is 14.3 Å². The summed E-state index contributed by atoms with van der Waals surface area (Å²) in [6, 6.07) is 7.08. The molecule has 1 aromatic heterocycles. The molecule has 36 heavy (non-hydrogen) atoms. The number of pyridine rings is 1. The van der Waals surface area contributed by atoms with Crippen LogP contribution in [0.25, 0.3) is 0 Å². The zero-order chi connectivity index (χ0) is 26.6. The number of benzene rings is 1. The normalized spacial score (nSPS) is 18.1. The third-order valence-corrected chi connectivity index (χ3v) is 5.80. The van der Waals surface area contributed by atoms with Gasteiger partial charge in [-0.1, -0.05) is 31.2 Å². The van der Waals surface area contributed by atoms with Crippen LogP contribution in [0.3, 0.4) is 0 Å². The van der Waals surface area contributed by atoms with Crippen LogP contribution in [0, 0.1) is 12.8 Å². The van der Waals surface area contributed by atoms with Gasteiger partial charge in [0.05, 0.1) is 17.9 Å². The predicted octanol–water partition coefficient (Wildman–Crippen LogP) is 5.61. The quantitative estimate of drug-likeness (QED) is 0.529. The van der Waals surface area contributed by atoms with Gasteiger partial charge in [-0.15, -0.1) is 0 Å². The van der Waals surface area contributed by atoms with Crippen LogP contribution in [-0.4, -0.2) is 39.9 Å². The van der Waals surface area contributed by atoms with Gasteiger partial charge >= 0.3 is 17.9 Å². The average molecular weight is 503 g/mol. The van der Waals surface area contributed by atoms with E-state index in [0.29, 0.717) is 29.8 Å². The molecule has 1 aromatic carbocycles. The van der Waals surface area contributed by atoms with Crippen LogP contribution in [0.2, 0.25) is 0 Å². The molecular weight excluding hydrogens is 470 g/mol. The van der Waals surface area contributed by atoms with E-state index < -0.39 is 29.9 Å². The van der Waals surface area contributed by atoms with Crippen molar-refractivity contribution >= 4 is 29.4 Å². The molecule has 0 spiro atoms. The lowest BCUT2D eigenvalue weighted by Gasteiger charge is -2.38. The molecule has 1 aliphatic rings. The number of nitrogens with zero attached hydrogens (tertiary/aromatic N) is 2. The minimum absolute atomic E-state index is 0.0916. The Bertz CT molecular complexity index is 1120. The number of nitrogens with one attached hydrogen (secondary N) is 2. The number of aromatic nitrogens is 1. The SMILES string of the molecule is Cc1cc(NC(=O)C(=O)N2CC(C)CCC2c2ccc(C(F)F)cc2)cnc1NC(=O)OC(C)(C)C. The molecule has 10 heteroatoms. The number of halogens is 2. The number of carbonyl (C=O) groups is 3. The second-order valence-corrected chi connectivity index (χ2v) is 10.1. The highest BCUT2D eigenvalue weighted by molar-refractivity contribution is 6.39. The molecule has 3 rings (SSSR count). The second-order valence-electron chi connectivity index (χ2n) is 10.1. The molecule has 2 atom stereocenters. The van der Waals surface area contributed by atoms with Crippen LogP contribution >= 0.6 is 0 Å². The third kappa shape index (κ3) is 6.99. The van der Waals surface area contributed by atoms with Crippen molar-refractivity contribution < 1.29 is 27.9 Å². The first-order valence-corrected chi connectivity index (χ1v) is 11.8. The predicted molar refractivity (Wildman–Crippen MR) is 132 cm³/mol. The molecule has 2 unspecified atom stereocenters. The van der Waals surface area contributed by atoms with Gasteiger partial charge in [0.2, 0.25) is 0 Å². The van der Waals surface area contributed by atoms with E-state index in [0.717, 1.165) is 6.42 Å². The standard InChI is InChI=1S/C26H32F2N4O4/c1-15-6-11-20(17-7-9-18(10-8-17)21(27)28)32(14-15)24(34)23(33)30-19-12-16(2)22(29-13-19)31-25(35)36-26(3,4)5/h7-10,12-13,15,20-21H,6,11,14H2,1-5H3,(H,30,33)(H,29,31,35). The number of hydrogen-bond donors (Lipinski definition) is 2. The van der Waals surface area contributed by atoms with Crippen molar-refractivity contribution in [1.29, 1.82) is 0 Å². The van der Waals surface area contributed by atoms with Crippen molar-refractivity contribution in [2.24, 2.45) is 5.92 Å². The maximum atomic E-state index is 13.1. The van der Waals surface area contributed by atoms with E-state index in [4.69, 9.17) is 4.74 Å². The lowest BCUT2D eigenvalue weighted by Crippen LogP contribution is -2.46. The summed E-state index contributed by atoms with van der Waals surface area (Å²) < 4.78 is 31.1. The van der Waals surface area contributed by atoms with E-state index in [9.17, 15) is 23.2 Å². The summed E-state index contributed by atoms with van der Waals surface area (Å²) in [5, 5.41) is 5.13. The molecule has 2 aromatic rings. The maximum absolute atomic E-state index is 13.1. The number of anilines is 2. The molecule has 2 N–H and O–H groups in total. The van der Waals surface area contributed by atoms with Crippen molar-refractivity contribution in [2.75, 3.05) is 17.2 Å². The van der Waals surface area contributed by atoms with Crippen LogP contribution < -0.4 is 10.6 Å². The highest BCUT2D eigenvalue weighted by Crippen LogP contribution is 2.34. The lowest BCUT2D eigenvalue weighted by atomic mass is 9.89. The van der Waals surface area contributed by atoms with Gasteiger partial charge in [-0.2, -0.15) is 0 Å². The number of alkyl halides is 2. The van der Waals surface area contributed by atoms with E-state index in [1.807, 2.05) is 6.92 Å². The van der Waals surface area contributed by atoms with Crippen molar-refractivity contribution in [3.63, 3.8) is 0 Å². The number of piperidine rings is 1. The van der Waals surface area contributed by atoms with E-state index in [1.165, 1.54) is 23.2 Å². The summed E-state index contributed by atoms with van der Waals surface area (Å²) in [4.78, 5) is 43.6. The summed E-state index contributed by atoms with van der Waals surface area (Å²) in [5.41, 5.74) is 0.813. The Balaban J connectivity index is 1.71. The van der Waals surface area contributed by atoms with Crippen LogP contribution in [0.15, 0.2) is 36.5 Å². The molecule has 0 bridgehead atoms. The van der Waals surface area contributed by atoms with Crippen LogP contribution in [0.4, 0.5) is 25.1 Å². The van der Waals surface area contributed by atoms with Gasteiger partial charge < -0.3 is 15.0 Å². The van der Waals surface area contributed by atoms with Crippen LogP contribution in [0.1, 0.15) is 69.7 Å². The maximum Gasteiger partial charge on any atom is 0.413 e. The van der Waals surface area contributed by atoms with Gasteiger partial charge in [-0.3, -0.25) is 14.9 Å². The van der Waals surface area contributed by atoms with Gasteiger partial charge in [-0.25, -0.2) is 18.6 Å². The molecule has 1 saturated heterocycles. The highest BCUT2D eigenvalue weighted by atomic mass is 19.3. The van der Waals surface area contributed by atoms with E-state index in [2.05, 4.69) is 15.6 Å². The van der Waals surface area contributed by atoms with Gasteiger partial charge in [0.15, 0.2) is 0 Å². The van der Waals surface area contributed by atoms with Crippen molar-refractivity contribution in [3.05, 3.63) is 53.2 Å². The Morgan fingerprint density at radius 2 is 1.78 bits per heavy atom. The Hall–Kier alpha value is -3.56. The molecule has 0 aliphatic carbocycles. The summed E-state index contributed by atoms with van der Waals surface area (Å²) in [6.45, 7) is 9.31. The van der Waals surface area contributed by atoms with Gasteiger partial charge in [0.25, 0.3) is 6.43 Å². The molecule has 3 amide bonds. The number of carbonyl (C=O) groups excluding carboxylic acids is 3. The summed E-state index contributed by atoms with van der Waals surface area (Å²) in [6.07, 6.45) is -0.417. The smallest absolute Gasteiger partial charge is 0.413 e. The Morgan fingerprint density at radius 1 is 1.11 bits per heavy atom. The summed E-state index contributed by atoms with van der Waals surface area (Å²) in [7, 11) is 0. The van der Waals surface area contributed by atoms with E-state index in [1.54, 1.807) is 45.9 Å². The molecule has 0 saturated carbocycles. The zero-order valence-corrected chi connectivity index (χ0v) is 21.1. The third-order valence-electron chi connectivity index (χ3n) is 5.80. The molecule has 194 valence electrons. The topological polar surface area (TPSA) is 101 Å². The first-order chi connectivity index (χ1) is 16.8. The first kappa shape index (κ1) is 27.0. The van der Waals surface area contributed by atoms with Gasteiger partial charge in [-0.05, 0) is 63.6 Å². The second kappa shape index (κ2) is 11.0. The highest BCUT2D eigenvalue weighted by Gasteiger charge is 2.34. The fraction of sp³-hybridized carbons (Fsp3) is 0.462. The molecular formula is C26H32F2N4O4. The molecule has 0 radical (unpaired) electrons. The van der Waals surface area contributed by atoms with E-state index >= 15 is 0 Å². The monoisotopic (exact) mass is 502 g/mol. The van der Waals surface area contributed by atoms with Crippen molar-refractivity contribution in [1.82, 2.24) is 9.88 Å². The van der Waals surface area contributed by atoms with Gasteiger partial charge in [0, 0.05) is 12.1 Å². The Kier molecular flexibility index (Phi) is 8.27. The number of likely N-dealkylation sites (tertiary alicyclic amines) is 1. The largest absolute Gasteiger partial charge is 0.444 e. The number of ether oxygens (including phenoxy) is 1. The first-order valence-electron chi connectivity index (χ1n) is 11.8. The minimum atomic E-state index is -2.57.